The molecular weight excluding hydrogens is 298 g/mol. The van der Waals surface area contributed by atoms with Gasteiger partial charge in [0.2, 0.25) is 5.91 Å². The highest BCUT2D eigenvalue weighted by Crippen LogP contribution is 2.15. The van der Waals surface area contributed by atoms with Crippen molar-refractivity contribution < 1.29 is 14.3 Å². The number of hydrogen-bond acceptors (Lipinski definition) is 5. The Morgan fingerprint density at radius 1 is 1.38 bits per heavy atom. The second kappa shape index (κ2) is 6.40. The summed E-state index contributed by atoms with van der Waals surface area (Å²) in [4.78, 5) is 23.6. The minimum atomic E-state index is -0.611. The lowest BCUT2D eigenvalue weighted by molar-refractivity contribution is -0.116. The molecule has 0 saturated carbocycles. The molecule has 9 heteroatoms. The van der Waals surface area contributed by atoms with Crippen LogP contribution in [0.5, 0.6) is 0 Å². The SMILES string of the molecule is CCn1cc(NC(=O)Cn2cc(Cl)cn2)c(C(=O)OC)n1. The lowest BCUT2D eigenvalue weighted by Crippen LogP contribution is -2.20. The van der Waals surface area contributed by atoms with E-state index in [1.807, 2.05) is 6.92 Å². The molecule has 0 atom stereocenters. The van der Waals surface area contributed by atoms with E-state index < -0.39 is 5.97 Å². The van der Waals surface area contributed by atoms with Crippen molar-refractivity contribution in [3.8, 4) is 0 Å². The summed E-state index contributed by atoms with van der Waals surface area (Å²) in [5.41, 5.74) is 0.359. The Balaban J connectivity index is 2.12. The lowest BCUT2D eigenvalue weighted by Gasteiger charge is -2.04. The fourth-order valence-electron chi connectivity index (χ4n) is 1.68. The zero-order valence-corrected chi connectivity index (χ0v) is 12.3. The number of methoxy groups -OCH3 is 1. The number of carbonyl (C=O) groups is 2. The standard InChI is InChI=1S/C12H14ClN5O3/c1-3-17-6-9(11(16-17)12(20)21-2)15-10(19)7-18-5-8(13)4-14-18/h4-6H,3,7H2,1-2H3,(H,15,19). The smallest absolute Gasteiger partial charge is 0.360 e. The molecule has 0 aliphatic heterocycles. The van der Waals surface area contributed by atoms with Crippen LogP contribution in [0.15, 0.2) is 18.6 Å². The van der Waals surface area contributed by atoms with Gasteiger partial charge in [-0.25, -0.2) is 4.79 Å². The van der Waals surface area contributed by atoms with Crippen molar-refractivity contribution in [1.29, 1.82) is 0 Å². The first-order valence-electron chi connectivity index (χ1n) is 6.17. The number of rotatable bonds is 5. The van der Waals surface area contributed by atoms with Crippen LogP contribution >= 0.6 is 11.6 Å². The number of amides is 1. The minimum Gasteiger partial charge on any atom is -0.464 e. The number of carbonyl (C=O) groups excluding carboxylic acids is 2. The number of halogens is 1. The van der Waals surface area contributed by atoms with Crippen molar-refractivity contribution in [3.63, 3.8) is 0 Å². The van der Waals surface area contributed by atoms with Crippen LogP contribution in [-0.4, -0.2) is 38.5 Å². The van der Waals surface area contributed by atoms with Crippen LogP contribution in [0.1, 0.15) is 17.4 Å². The van der Waals surface area contributed by atoms with Crippen LogP contribution in [0.4, 0.5) is 5.69 Å². The Morgan fingerprint density at radius 2 is 2.14 bits per heavy atom. The van der Waals surface area contributed by atoms with Crippen LogP contribution in [0.3, 0.4) is 0 Å². The Hall–Kier alpha value is -2.35. The molecule has 0 spiro atoms. The molecule has 8 nitrogen and oxygen atoms in total. The maximum Gasteiger partial charge on any atom is 0.360 e. The molecule has 0 aromatic carbocycles. The molecule has 112 valence electrons. The Kier molecular flexibility index (Phi) is 4.59. The monoisotopic (exact) mass is 311 g/mol. The van der Waals surface area contributed by atoms with Gasteiger partial charge in [0, 0.05) is 18.9 Å². The fourth-order valence-corrected chi connectivity index (χ4v) is 1.84. The van der Waals surface area contributed by atoms with Crippen LogP contribution in [-0.2, 0) is 22.6 Å². The highest BCUT2D eigenvalue weighted by atomic mass is 35.5. The molecular formula is C12H14ClN5O3. The largest absolute Gasteiger partial charge is 0.464 e. The molecule has 21 heavy (non-hydrogen) atoms. The molecule has 0 unspecified atom stereocenters. The van der Waals surface area contributed by atoms with E-state index in [4.69, 9.17) is 11.6 Å². The highest BCUT2D eigenvalue weighted by molar-refractivity contribution is 6.30. The molecule has 2 rings (SSSR count). The quantitative estimate of drug-likeness (QED) is 0.837. The molecule has 2 aromatic rings. The molecule has 0 fully saturated rings. The summed E-state index contributed by atoms with van der Waals surface area (Å²) in [5, 5.41) is 11.0. The van der Waals surface area contributed by atoms with Gasteiger partial charge in [0.25, 0.3) is 0 Å². The second-order valence-electron chi connectivity index (χ2n) is 4.14. The van der Waals surface area contributed by atoms with Gasteiger partial charge >= 0.3 is 5.97 Å². The van der Waals surface area contributed by atoms with Crippen molar-refractivity contribution in [1.82, 2.24) is 19.6 Å². The molecule has 0 aliphatic rings. The molecule has 0 aliphatic carbocycles. The van der Waals surface area contributed by atoms with E-state index in [1.54, 1.807) is 6.20 Å². The average molecular weight is 312 g/mol. The predicted octanol–water partition coefficient (Wildman–Crippen LogP) is 1.18. The predicted molar refractivity (Wildman–Crippen MR) is 75.1 cm³/mol. The summed E-state index contributed by atoms with van der Waals surface area (Å²) in [5.74, 6) is -0.963. The van der Waals surface area contributed by atoms with Crippen LogP contribution in [0.2, 0.25) is 5.02 Å². The van der Waals surface area contributed by atoms with Crippen LogP contribution in [0, 0.1) is 0 Å². The number of ether oxygens (including phenoxy) is 1. The first-order valence-corrected chi connectivity index (χ1v) is 6.54. The van der Waals surface area contributed by atoms with Crippen LogP contribution in [0.25, 0.3) is 0 Å². The first-order chi connectivity index (χ1) is 10.0. The zero-order chi connectivity index (χ0) is 15.4. The summed E-state index contributed by atoms with van der Waals surface area (Å²) >= 11 is 5.72. The number of esters is 1. The number of anilines is 1. The van der Waals surface area contributed by atoms with E-state index in [-0.39, 0.29) is 18.1 Å². The van der Waals surface area contributed by atoms with Gasteiger partial charge in [-0.2, -0.15) is 10.2 Å². The maximum atomic E-state index is 11.9. The summed E-state index contributed by atoms with van der Waals surface area (Å²) in [6, 6.07) is 0. The number of nitrogens with zero attached hydrogens (tertiary/aromatic N) is 4. The van der Waals surface area contributed by atoms with Crippen molar-refractivity contribution in [2.75, 3.05) is 12.4 Å². The van der Waals surface area contributed by atoms with Crippen molar-refractivity contribution in [2.24, 2.45) is 0 Å². The van der Waals surface area contributed by atoms with E-state index in [0.29, 0.717) is 17.3 Å². The van der Waals surface area contributed by atoms with E-state index >= 15 is 0 Å². The number of aromatic nitrogens is 4. The summed E-state index contributed by atoms with van der Waals surface area (Å²) in [6.45, 7) is 2.41. The lowest BCUT2D eigenvalue weighted by atomic mass is 10.3. The molecule has 0 saturated heterocycles. The van der Waals surface area contributed by atoms with Gasteiger partial charge in [0.1, 0.15) is 6.54 Å². The third-order valence-electron chi connectivity index (χ3n) is 2.65. The number of nitrogens with one attached hydrogen (secondary N) is 1. The van der Waals surface area contributed by atoms with Gasteiger partial charge in [-0.3, -0.25) is 14.2 Å². The van der Waals surface area contributed by atoms with E-state index in [9.17, 15) is 9.59 Å². The van der Waals surface area contributed by atoms with E-state index in [1.165, 1.54) is 28.9 Å². The topological polar surface area (TPSA) is 91.0 Å². The van der Waals surface area contributed by atoms with E-state index in [2.05, 4.69) is 20.3 Å². The third kappa shape index (κ3) is 3.60. The summed E-state index contributed by atoms with van der Waals surface area (Å²) in [6.07, 6.45) is 4.53. The summed E-state index contributed by atoms with van der Waals surface area (Å²) in [7, 11) is 1.25. The molecule has 0 radical (unpaired) electrons. The molecule has 1 N–H and O–H groups in total. The van der Waals surface area contributed by atoms with E-state index in [0.717, 1.165) is 0 Å². The highest BCUT2D eigenvalue weighted by Gasteiger charge is 2.19. The maximum absolute atomic E-state index is 11.9. The van der Waals surface area contributed by atoms with Gasteiger partial charge in [0.05, 0.1) is 24.0 Å². The Morgan fingerprint density at radius 3 is 2.71 bits per heavy atom. The fraction of sp³-hybridized carbons (Fsp3) is 0.333. The molecule has 1 amide bonds. The van der Waals surface area contributed by atoms with Gasteiger partial charge in [-0.1, -0.05) is 11.6 Å². The molecule has 2 aromatic heterocycles. The van der Waals surface area contributed by atoms with Crippen molar-refractivity contribution in [3.05, 3.63) is 29.3 Å². The first kappa shape index (κ1) is 15.0. The van der Waals surface area contributed by atoms with Crippen LogP contribution < -0.4 is 5.32 Å². The average Bonchev–Trinajstić information content (AvgIpc) is 3.04. The normalized spacial score (nSPS) is 10.4. The number of hydrogen-bond donors (Lipinski definition) is 1. The van der Waals surface area contributed by atoms with Gasteiger partial charge in [-0.05, 0) is 6.92 Å². The van der Waals surface area contributed by atoms with Crippen molar-refractivity contribution in [2.45, 2.75) is 20.0 Å². The second-order valence-corrected chi connectivity index (χ2v) is 4.58. The minimum absolute atomic E-state index is 0.0232. The zero-order valence-electron chi connectivity index (χ0n) is 11.5. The Labute approximate surface area is 125 Å². The molecule has 0 bridgehead atoms. The van der Waals surface area contributed by atoms with Gasteiger partial charge in [-0.15, -0.1) is 0 Å². The van der Waals surface area contributed by atoms with Gasteiger partial charge in [0.15, 0.2) is 5.69 Å². The third-order valence-corrected chi connectivity index (χ3v) is 2.84. The molecule has 2 heterocycles. The summed E-state index contributed by atoms with van der Waals surface area (Å²) < 4.78 is 7.56. The Bertz CT molecular complexity index is 664. The van der Waals surface area contributed by atoms with Crippen molar-refractivity contribution >= 4 is 29.2 Å². The van der Waals surface area contributed by atoms with Gasteiger partial charge < -0.3 is 10.1 Å². The number of aryl methyl sites for hydroxylation is 1.